The number of aromatic nitrogens is 2. The van der Waals surface area contributed by atoms with Crippen molar-refractivity contribution in [3.05, 3.63) is 248 Å². The largest absolute Gasteiger partial charge is 0.509 e. The van der Waals surface area contributed by atoms with Gasteiger partial charge in [0.15, 0.2) is 0 Å². The Balaban J connectivity index is 0.00000577. The van der Waals surface area contributed by atoms with Crippen LogP contribution in [0.3, 0.4) is 0 Å². The summed E-state index contributed by atoms with van der Waals surface area (Å²) in [5.74, 6) is 1.17. The SMILES string of the molecule is CC(C)(C)c1cc2c3ccccc3c3cccc4c5ccc(Oc6[c-]c7c(cc6)-c6ccccc6-c6cccc8c6N7[CH-]N8c6c(-c7ccccc7)cccc6-c6ccccc6)[c-]c5n(c5ncccc5c2cc1C(C)(C)C)c34.[Pt]. The Hall–Kier alpha value is -8.76. The van der Waals surface area contributed by atoms with Crippen molar-refractivity contribution in [3.8, 4) is 56.0 Å². The van der Waals surface area contributed by atoms with E-state index in [2.05, 4.69) is 287 Å². The van der Waals surface area contributed by atoms with Gasteiger partial charge in [-0.05, 0) is 95.9 Å². The van der Waals surface area contributed by atoms with Crippen molar-refractivity contribution < 1.29 is 25.8 Å². The summed E-state index contributed by atoms with van der Waals surface area (Å²) in [6, 6.07) is 84.5. The monoisotopic (exact) mass is 1210 g/mol. The second kappa shape index (κ2) is 18.7. The average Bonchev–Trinajstić information content (AvgIpc) is 4.16. The van der Waals surface area contributed by atoms with Crippen LogP contribution < -0.4 is 14.5 Å². The van der Waals surface area contributed by atoms with E-state index >= 15 is 0 Å². The van der Waals surface area contributed by atoms with Crippen molar-refractivity contribution in [2.45, 2.75) is 52.4 Å². The summed E-state index contributed by atoms with van der Waals surface area (Å²) in [4.78, 5) is 10.0. The van der Waals surface area contributed by atoms with E-state index in [-0.39, 0.29) is 31.9 Å². The van der Waals surface area contributed by atoms with Gasteiger partial charge in [-0.3, -0.25) is 0 Å². The van der Waals surface area contributed by atoms with Crippen LogP contribution in [0.1, 0.15) is 52.7 Å². The average molecular weight is 1210 g/mol. The van der Waals surface area contributed by atoms with Gasteiger partial charge < -0.3 is 18.9 Å². The molecule has 0 unspecified atom stereocenters. The minimum atomic E-state index is -0.109. The summed E-state index contributed by atoms with van der Waals surface area (Å²) in [6.07, 6.45) is 1.92. The molecule has 0 saturated carbocycles. The third kappa shape index (κ3) is 7.73. The molecule has 390 valence electrons. The normalized spacial score (nSPS) is 12.9. The molecule has 5 nitrogen and oxygen atoms in total. The maximum atomic E-state index is 7.07. The summed E-state index contributed by atoms with van der Waals surface area (Å²) >= 11 is 0. The first-order valence-corrected chi connectivity index (χ1v) is 27.4. The van der Waals surface area contributed by atoms with Gasteiger partial charge in [0.2, 0.25) is 0 Å². The van der Waals surface area contributed by atoms with Gasteiger partial charge in [0.25, 0.3) is 0 Å². The van der Waals surface area contributed by atoms with Crippen molar-refractivity contribution in [3.63, 3.8) is 0 Å². The number of hydrogen-bond donors (Lipinski definition) is 0. The molecular formula is C74H55N4OPt-3. The van der Waals surface area contributed by atoms with Gasteiger partial charge in [-0.2, -0.15) is 12.1 Å². The van der Waals surface area contributed by atoms with Crippen molar-refractivity contribution in [2.75, 3.05) is 9.80 Å². The fourth-order valence-electron chi connectivity index (χ4n) is 12.8. The molecule has 0 atom stereocenters. The summed E-state index contributed by atoms with van der Waals surface area (Å²) in [7, 11) is 0. The first-order chi connectivity index (χ1) is 38.5. The van der Waals surface area contributed by atoms with Crippen molar-refractivity contribution in [1.29, 1.82) is 0 Å². The molecule has 10 aromatic carbocycles. The molecule has 0 bridgehead atoms. The van der Waals surface area contributed by atoms with Crippen LogP contribution in [-0.2, 0) is 31.9 Å². The van der Waals surface area contributed by atoms with Gasteiger partial charge >= 0.3 is 0 Å². The molecule has 0 aliphatic carbocycles. The number of nitrogens with zero attached hydrogens (tertiary/aromatic N) is 4. The molecule has 13 aromatic rings. The van der Waals surface area contributed by atoms with E-state index in [1.54, 1.807) is 0 Å². The van der Waals surface area contributed by atoms with Crippen LogP contribution in [0, 0.1) is 18.8 Å². The van der Waals surface area contributed by atoms with Crippen LogP contribution in [0.5, 0.6) is 11.5 Å². The number of pyridine rings is 1. The quantitative estimate of drug-likeness (QED) is 0.161. The standard InChI is InChI=1S/C74H55N4O.Pt/c1-73(2,3)64-43-62-55-28-16-15-27-54(55)58-31-18-32-60-57-39-37-49(42-68(57)78(70(58)60)72-61(34-20-40-75-72)63(62)44-65(64)74(4,5)6)79-48-36-38-56-52-25-13-14-26-53(52)59-33-19-35-66-71(59)77(67(56)41-48)45-76(66)69-50(46-21-9-7-10-22-46)29-17-30-51(69)47-23-11-8-12-24-47;/h7-40,43-45H,1-6H3;/q-3;. The van der Waals surface area contributed by atoms with Crippen LogP contribution in [-0.4, -0.2) is 9.38 Å². The van der Waals surface area contributed by atoms with E-state index in [1.165, 1.54) is 32.8 Å². The van der Waals surface area contributed by atoms with Crippen LogP contribution in [0.2, 0.25) is 0 Å². The maximum absolute atomic E-state index is 7.07. The Morgan fingerprint density at radius 2 is 0.925 bits per heavy atom. The van der Waals surface area contributed by atoms with E-state index in [0.717, 1.165) is 105 Å². The predicted molar refractivity (Wildman–Crippen MR) is 330 cm³/mol. The maximum Gasteiger partial charge on any atom is 0.143 e. The van der Waals surface area contributed by atoms with Gasteiger partial charge in [0.1, 0.15) is 5.65 Å². The summed E-state index contributed by atoms with van der Waals surface area (Å²) in [5.41, 5.74) is 18.6. The topological polar surface area (TPSA) is 33.0 Å². The molecule has 80 heavy (non-hydrogen) atoms. The molecule has 6 heteroatoms. The zero-order valence-electron chi connectivity index (χ0n) is 45.4. The summed E-state index contributed by atoms with van der Waals surface area (Å²) < 4.78 is 9.41. The van der Waals surface area contributed by atoms with Crippen molar-refractivity contribution >= 4 is 82.5 Å². The second-order valence-electron chi connectivity index (χ2n) is 23.2. The summed E-state index contributed by atoms with van der Waals surface area (Å²) in [6.45, 7) is 16.2. The molecule has 15 rings (SSSR count). The number of rotatable bonds is 5. The fraction of sp³-hybridized carbons (Fsp3) is 0.108. The number of anilines is 4. The van der Waals surface area contributed by atoms with Crippen LogP contribution >= 0.6 is 0 Å². The predicted octanol–water partition coefficient (Wildman–Crippen LogP) is 20.0. The Morgan fingerprint density at radius 3 is 1.60 bits per heavy atom. The van der Waals surface area contributed by atoms with Gasteiger partial charge in [-0.1, -0.05) is 216 Å². The van der Waals surface area contributed by atoms with Gasteiger partial charge in [-0.25, -0.2) is 4.98 Å². The van der Waals surface area contributed by atoms with Gasteiger partial charge in [-0.15, -0.1) is 41.9 Å². The first kappa shape index (κ1) is 49.5. The van der Waals surface area contributed by atoms with Crippen molar-refractivity contribution in [2.24, 2.45) is 0 Å². The van der Waals surface area contributed by atoms with Crippen molar-refractivity contribution in [1.82, 2.24) is 9.38 Å². The third-order valence-electron chi connectivity index (χ3n) is 16.3. The third-order valence-corrected chi connectivity index (χ3v) is 16.3. The fourth-order valence-corrected chi connectivity index (χ4v) is 12.8. The zero-order chi connectivity index (χ0) is 53.3. The molecule has 0 amide bonds. The number of hydrogen-bond acceptors (Lipinski definition) is 4. The molecule has 0 fully saturated rings. The number of fused-ring (bicyclic) bond motifs is 15. The molecule has 2 aliphatic heterocycles. The molecule has 0 radical (unpaired) electrons. The smallest absolute Gasteiger partial charge is 0.143 e. The molecule has 5 heterocycles. The molecule has 3 aromatic heterocycles. The second-order valence-corrected chi connectivity index (χ2v) is 23.2. The Bertz CT molecular complexity index is 4640. The van der Waals surface area contributed by atoms with Gasteiger partial charge in [0, 0.05) is 88.8 Å². The first-order valence-electron chi connectivity index (χ1n) is 27.4. The van der Waals surface area contributed by atoms with E-state index in [0.29, 0.717) is 11.5 Å². The Kier molecular flexibility index (Phi) is 11.6. The van der Waals surface area contributed by atoms with E-state index in [9.17, 15) is 0 Å². The zero-order valence-corrected chi connectivity index (χ0v) is 47.6. The van der Waals surface area contributed by atoms with E-state index in [1.807, 2.05) is 6.20 Å². The van der Waals surface area contributed by atoms with Crippen LogP contribution in [0.25, 0.3) is 104 Å². The Morgan fingerprint density at radius 1 is 0.412 bits per heavy atom. The van der Waals surface area contributed by atoms with Crippen LogP contribution in [0.15, 0.2) is 219 Å². The minimum absolute atomic E-state index is 0. The van der Waals surface area contributed by atoms with Gasteiger partial charge in [0.05, 0.1) is 0 Å². The number of benzene rings is 10. The molecule has 0 saturated heterocycles. The summed E-state index contributed by atoms with van der Waals surface area (Å²) in [5, 5.41) is 9.13. The molecule has 0 N–H and O–H groups in total. The van der Waals surface area contributed by atoms with E-state index < -0.39 is 0 Å². The Labute approximate surface area is 481 Å². The minimum Gasteiger partial charge on any atom is -0.509 e. The molecular weight excluding hydrogens is 1160 g/mol. The number of ether oxygens (including phenoxy) is 1. The van der Waals surface area contributed by atoms with E-state index in [4.69, 9.17) is 9.72 Å². The van der Waals surface area contributed by atoms with Crippen LogP contribution in [0.4, 0.5) is 22.7 Å². The molecule has 0 spiro atoms. The molecule has 2 aliphatic rings. The number of para-hydroxylation sites is 3.